The average molecular weight is 387 g/mol. The highest BCUT2D eigenvalue weighted by molar-refractivity contribution is 7.99. The highest BCUT2D eigenvalue weighted by atomic mass is 127. The molecular formula is C15H34INS. The summed E-state index contributed by atoms with van der Waals surface area (Å²) in [6.07, 6.45) is 8.56. The van der Waals surface area contributed by atoms with Gasteiger partial charge in [-0.05, 0) is 26.0 Å². The molecule has 0 aromatic heterocycles. The molecule has 1 nitrogen and oxygen atoms in total. The number of unbranched alkanes of at least 4 members (excludes halogenated alkanes) is 5. The maximum absolute atomic E-state index is 2.38. The molecule has 3 heteroatoms. The van der Waals surface area contributed by atoms with Crippen molar-refractivity contribution in [3.8, 4) is 0 Å². The van der Waals surface area contributed by atoms with Gasteiger partial charge in [-0.25, -0.2) is 0 Å². The third kappa shape index (κ3) is 12.1. The molecule has 112 valence electrons. The third-order valence-corrected chi connectivity index (χ3v) is 4.99. The lowest BCUT2D eigenvalue weighted by molar-refractivity contribution is -0.903. The van der Waals surface area contributed by atoms with Crippen LogP contribution in [0.4, 0.5) is 0 Å². The molecule has 0 amide bonds. The Labute approximate surface area is 137 Å². The summed E-state index contributed by atoms with van der Waals surface area (Å²) in [5, 5.41) is 0. The lowest BCUT2D eigenvalue weighted by Crippen LogP contribution is -3.00. The molecule has 0 aromatic carbocycles. The minimum atomic E-state index is 0. The van der Waals surface area contributed by atoms with Crippen molar-refractivity contribution >= 4 is 11.8 Å². The SMILES string of the molecule is CCCCCCCCSCC[N+](C)(CC)CC.[I-]. The van der Waals surface area contributed by atoms with Crippen LogP contribution in [0.3, 0.4) is 0 Å². The van der Waals surface area contributed by atoms with Crippen LogP contribution in [0.25, 0.3) is 0 Å². The van der Waals surface area contributed by atoms with E-state index in [1.807, 2.05) is 0 Å². The van der Waals surface area contributed by atoms with Gasteiger partial charge in [0.25, 0.3) is 0 Å². The van der Waals surface area contributed by atoms with Crippen LogP contribution in [0.5, 0.6) is 0 Å². The molecule has 0 unspecified atom stereocenters. The van der Waals surface area contributed by atoms with Crippen LogP contribution in [-0.2, 0) is 0 Å². The molecule has 0 aromatic rings. The lowest BCUT2D eigenvalue weighted by atomic mass is 10.1. The maximum atomic E-state index is 2.38. The van der Waals surface area contributed by atoms with E-state index >= 15 is 0 Å². The molecule has 18 heavy (non-hydrogen) atoms. The summed E-state index contributed by atoms with van der Waals surface area (Å²) in [5.74, 6) is 2.71. The van der Waals surface area contributed by atoms with Crippen LogP contribution in [-0.4, -0.2) is 42.7 Å². The van der Waals surface area contributed by atoms with Gasteiger partial charge in [0.2, 0.25) is 0 Å². The topological polar surface area (TPSA) is 0 Å². The largest absolute Gasteiger partial charge is 1.00 e. The van der Waals surface area contributed by atoms with Gasteiger partial charge in [0.15, 0.2) is 0 Å². The summed E-state index contributed by atoms with van der Waals surface area (Å²) < 4.78 is 1.24. The molecule has 0 saturated heterocycles. The molecule has 0 radical (unpaired) electrons. The fourth-order valence-electron chi connectivity index (χ4n) is 1.91. The van der Waals surface area contributed by atoms with E-state index in [4.69, 9.17) is 0 Å². The molecule has 0 N–H and O–H groups in total. The van der Waals surface area contributed by atoms with Gasteiger partial charge in [-0.1, -0.05) is 39.0 Å². The summed E-state index contributed by atoms with van der Waals surface area (Å²) in [6, 6.07) is 0. The van der Waals surface area contributed by atoms with E-state index < -0.39 is 0 Å². The second-order valence-corrected chi connectivity index (χ2v) is 6.58. The van der Waals surface area contributed by atoms with Crippen molar-refractivity contribution in [1.29, 1.82) is 0 Å². The summed E-state index contributed by atoms with van der Waals surface area (Å²) in [4.78, 5) is 0. The zero-order chi connectivity index (χ0) is 13.0. The van der Waals surface area contributed by atoms with Crippen LogP contribution in [0.1, 0.15) is 59.3 Å². The Morgan fingerprint density at radius 3 is 1.89 bits per heavy atom. The molecule has 0 fully saturated rings. The molecule has 0 aliphatic heterocycles. The first kappa shape index (κ1) is 21.3. The van der Waals surface area contributed by atoms with Crippen molar-refractivity contribution in [1.82, 2.24) is 0 Å². The number of hydrogen-bond donors (Lipinski definition) is 0. The quantitative estimate of drug-likeness (QED) is 0.278. The highest BCUT2D eigenvalue weighted by Crippen LogP contribution is 2.11. The molecule has 0 rings (SSSR count). The van der Waals surface area contributed by atoms with Crippen LogP contribution in [0.2, 0.25) is 0 Å². The molecule has 0 aliphatic rings. The Bertz CT molecular complexity index is 161. The van der Waals surface area contributed by atoms with Crippen molar-refractivity contribution in [3.63, 3.8) is 0 Å². The van der Waals surface area contributed by atoms with E-state index in [2.05, 4.69) is 39.6 Å². The lowest BCUT2D eigenvalue weighted by Gasteiger charge is -2.31. The summed E-state index contributed by atoms with van der Waals surface area (Å²) in [7, 11) is 2.38. The van der Waals surface area contributed by atoms with Crippen molar-refractivity contribution in [3.05, 3.63) is 0 Å². The van der Waals surface area contributed by atoms with Gasteiger partial charge in [-0.15, -0.1) is 0 Å². The fraction of sp³-hybridized carbons (Fsp3) is 1.00. The summed E-state index contributed by atoms with van der Waals surface area (Å²) >= 11 is 2.16. The first-order valence-electron chi connectivity index (χ1n) is 7.59. The Morgan fingerprint density at radius 1 is 0.778 bits per heavy atom. The first-order chi connectivity index (χ1) is 8.18. The molecule has 0 atom stereocenters. The van der Waals surface area contributed by atoms with E-state index in [1.54, 1.807) is 0 Å². The molecule has 0 saturated carbocycles. The molecule has 0 heterocycles. The van der Waals surface area contributed by atoms with E-state index in [0.29, 0.717) is 0 Å². The normalized spacial score (nSPS) is 11.3. The standard InChI is InChI=1S/C15H34NS.HI/c1-5-8-9-10-11-12-14-17-15-13-16(4,6-2)7-3;/h5-15H2,1-4H3;1H/q+1;/p-1. The first-order valence-corrected chi connectivity index (χ1v) is 8.75. The minimum absolute atomic E-state index is 0. The molecular weight excluding hydrogens is 353 g/mol. The van der Waals surface area contributed by atoms with Crippen LogP contribution in [0, 0.1) is 0 Å². The predicted molar refractivity (Wildman–Crippen MR) is 82.8 cm³/mol. The van der Waals surface area contributed by atoms with Gasteiger partial charge in [-0.3, -0.25) is 0 Å². The Hall–Kier alpha value is 1.04. The highest BCUT2D eigenvalue weighted by Gasteiger charge is 2.14. The fourth-order valence-corrected chi connectivity index (χ4v) is 3.09. The number of quaternary nitrogens is 1. The Balaban J connectivity index is 0. The summed E-state index contributed by atoms with van der Waals surface area (Å²) in [5.41, 5.74) is 0. The maximum Gasteiger partial charge on any atom is 0.0876 e. The number of rotatable bonds is 12. The van der Waals surface area contributed by atoms with Crippen molar-refractivity contribution < 1.29 is 28.5 Å². The van der Waals surface area contributed by atoms with E-state index in [0.717, 1.165) is 0 Å². The zero-order valence-electron chi connectivity index (χ0n) is 13.0. The monoisotopic (exact) mass is 387 g/mol. The second-order valence-electron chi connectivity index (χ2n) is 5.36. The number of halogens is 1. The molecule has 0 spiro atoms. The van der Waals surface area contributed by atoms with Gasteiger partial charge in [-0.2, -0.15) is 11.8 Å². The second kappa shape index (κ2) is 14.4. The summed E-state index contributed by atoms with van der Waals surface area (Å²) in [6.45, 7) is 10.8. The molecule has 0 bridgehead atoms. The van der Waals surface area contributed by atoms with Gasteiger partial charge >= 0.3 is 0 Å². The Kier molecular flexibility index (Phi) is 17.1. The van der Waals surface area contributed by atoms with Crippen molar-refractivity contribution in [2.45, 2.75) is 59.3 Å². The van der Waals surface area contributed by atoms with Gasteiger partial charge in [0.05, 0.1) is 26.7 Å². The van der Waals surface area contributed by atoms with Crippen molar-refractivity contribution in [2.75, 3.05) is 38.2 Å². The van der Waals surface area contributed by atoms with E-state index in [1.165, 1.54) is 74.1 Å². The number of nitrogens with zero attached hydrogens (tertiary/aromatic N) is 1. The average Bonchev–Trinajstić information content (AvgIpc) is 2.36. The van der Waals surface area contributed by atoms with E-state index in [9.17, 15) is 0 Å². The molecule has 0 aliphatic carbocycles. The zero-order valence-corrected chi connectivity index (χ0v) is 16.0. The van der Waals surface area contributed by atoms with Gasteiger partial charge in [0, 0.05) is 5.75 Å². The van der Waals surface area contributed by atoms with Gasteiger partial charge in [0.1, 0.15) is 0 Å². The number of thioether (sulfide) groups is 1. The van der Waals surface area contributed by atoms with Crippen LogP contribution < -0.4 is 24.0 Å². The smallest absolute Gasteiger partial charge is 0.0876 e. The van der Waals surface area contributed by atoms with Crippen molar-refractivity contribution in [2.24, 2.45) is 0 Å². The number of hydrogen-bond acceptors (Lipinski definition) is 1. The minimum Gasteiger partial charge on any atom is -1.00 e. The van der Waals surface area contributed by atoms with Crippen LogP contribution in [0.15, 0.2) is 0 Å². The Morgan fingerprint density at radius 2 is 1.33 bits per heavy atom. The van der Waals surface area contributed by atoms with Gasteiger partial charge < -0.3 is 28.5 Å². The van der Waals surface area contributed by atoms with E-state index in [-0.39, 0.29) is 24.0 Å². The van der Waals surface area contributed by atoms with Crippen LogP contribution >= 0.6 is 11.8 Å². The predicted octanol–water partition coefficient (Wildman–Crippen LogP) is 1.57. The third-order valence-electron chi connectivity index (χ3n) is 3.94.